The molecule has 1 rings (SSSR count). The van der Waals surface area contributed by atoms with Crippen molar-refractivity contribution in [2.45, 2.75) is 26.8 Å². The Kier molecular flexibility index (Phi) is 2.55. The van der Waals surface area contributed by atoms with Crippen LogP contribution in [-0.4, -0.2) is 20.9 Å². The van der Waals surface area contributed by atoms with E-state index in [2.05, 4.69) is 5.10 Å². The van der Waals surface area contributed by atoms with E-state index in [0.717, 1.165) is 10.4 Å². The van der Waals surface area contributed by atoms with Crippen LogP contribution in [0.3, 0.4) is 0 Å². The molecule has 0 saturated carbocycles. The molecule has 72 valence electrons. The Hall–Kier alpha value is -1.52. The van der Waals surface area contributed by atoms with E-state index in [9.17, 15) is 9.59 Å². The average molecular weight is 184 g/mol. The summed E-state index contributed by atoms with van der Waals surface area (Å²) in [7, 11) is 0. The molecule has 1 heterocycles. The Labute approximate surface area is 75.0 Å². The van der Waals surface area contributed by atoms with Gasteiger partial charge < -0.3 is 5.11 Å². The molecule has 2 N–H and O–H groups in total. The normalized spacial score (nSPS) is 10.3. The second-order valence-electron chi connectivity index (χ2n) is 2.85. The number of carboxylic acids is 1. The third-order valence-electron chi connectivity index (χ3n) is 1.94. The topological polar surface area (TPSA) is 75.1 Å². The molecule has 5 nitrogen and oxygen atoms in total. The molecule has 0 saturated heterocycles. The number of carboxylic acid groups (broad SMARTS) is 1. The summed E-state index contributed by atoms with van der Waals surface area (Å²) in [6, 6.07) is 0. The van der Waals surface area contributed by atoms with Crippen molar-refractivity contribution < 1.29 is 9.90 Å². The molecule has 0 fully saturated rings. The number of aromatic amines is 1. The molecule has 0 radical (unpaired) electrons. The first-order chi connectivity index (χ1) is 6.06. The monoisotopic (exact) mass is 184 g/mol. The lowest BCUT2D eigenvalue weighted by Crippen LogP contribution is -2.22. The first-order valence-electron chi connectivity index (χ1n) is 4.06. The zero-order valence-electron chi connectivity index (χ0n) is 7.63. The van der Waals surface area contributed by atoms with Crippen molar-refractivity contribution in [1.82, 2.24) is 9.78 Å². The van der Waals surface area contributed by atoms with Crippen LogP contribution in [0.5, 0.6) is 0 Å². The van der Waals surface area contributed by atoms with Gasteiger partial charge in [0.2, 0.25) is 0 Å². The van der Waals surface area contributed by atoms with E-state index in [1.165, 1.54) is 0 Å². The number of aliphatic carboxylic acids is 1. The molecule has 0 unspecified atom stereocenters. The van der Waals surface area contributed by atoms with Crippen LogP contribution in [0.1, 0.15) is 18.2 Å². The number of hydrogen-bond acceptors (Lipinski definition) is 2. The van der Waals surface area contributed by atoms with Crippen molar-refractivity contribution in [3.05, 3.63) is 21.6 Å². The van der Waals surface area contributed by atoms with Gasteiger partial charge in [-0.3, -0.25) is 14.7 Å². The first-order valence-corrected chi connectivity index (χ1v) is 4.06. The van der Waals surface area contributed by atoms with E-state index in [0.29, 0.717) is 12.0 Å². The van der Waals surface area contributed by atoms with E-state index in [-0.39, 0.29) is 12.1 Å². The molecule has 0 amide bonds. The van der Waals surface area contributed by atoms with Crippen LogP contribution < -0.4 is 5.56 Å². The maximum atomic E-state index is 11.4. The molecule has 13 heavy (non-hydrogen) atoms. The second-order valence-corrected chi connectivity index (χ2v) is 2.85. The Morgan fingerprint density at radius 2 is 2.23 bits per heavy atom. The summed E-state index contributed by atoms with van der Waals surface area (Å²) >= 11 is 0. The van der Waals surface area contributed by atoms with Gasteiger partial charge in [0.1, 0.15) is 6.54 Å². The number of hydrogen-bond donors (Lipinski definition) is 2. The van der Waals surface area contributed by atoms with Gasteiger partial charge in [0.15, 0.2) is 0 Å². The lowest BCUT2D eigenvalue weighted by molar-refractivity contribution is -0.137. The number of nitrogens with one attached hydrogen (secondary N) is 1. The number of H-pyrrole nitrogens is 1. The van der Waals surface area contributed by atoms with E-state index in [1.54, 1.807) is 6.92 Å². The minimum absolute atomic E-state index is 0.251. The van der Waals surface area contributed by atoms with Gasteiger partial charge in [0.25, 0.3) is 5.56 Å². The van der Waals surface area contributed by atoms with Crippen molar-refractivity contribution in [1.29, 1.82) is 0 Å². The molecule has 0 bridgehead atoms. The molecular weight excluding hydrogens is 172 g/mol. The quantitative estimate of drug-likeness (QED) is 0.701. The Morgan fingerprint density at radius 3 is 2.62 bits per heavy atom. The van der Waals surface area contributed by atoms with E-state index in [1.807, 2.05) is 6.92 Å². The molecule has 0 aliphatic carbocycles. The van der Waals surface area contributed by atoms with Gasteiger partial charge >= 0.3 is 5.97 Å². The van der Waals surface area contributed by atoms with E-state index >= 15 is 0 Å². The van der Waals surface area contributed by atoms with Crippen molar-refractivity contribution in [2.24, 2.45) is 0 Å². The highest BCUT2D eigenvalue weighted by Crippen LogP contribution is 1.99. The third kappa shape index (κ3) is 1.80. The van der Waals surface area contributed by atoms with Crippen molar-refractivity contribution in [3.63, 3.8) is 0 Å². The highest BCUT2D eigenvalue weighted by molar-refractivity contribution is 5.66. The lowest BCUT2D eigenvalue weighted by atomic mass is 10.2. The Balaban J connectivity index is 3.10. The summed E-state index contributed by atoms with van der Waals surface area (Å²) in [4.78, 5) is 21.7. The molecule has 0 aliphatic rings. The predicted molar refractivity (Wildman–Crippen MR) is 46.8 cm³/mol. The second kappa shape index (κ2) is 3.47. The van der Waals surface area contributed by atoms with Gasteiger partial charge in [0, 0.05) is 11.3 Å². The number of aromatic nitrogens is 2. The zero-order chi connectivity index (χ0) is 10.0. The number of rotatable bonds is 3. The number of nitrogens with zero attached hydrogens (tertiary/aromatic N) is 1. The van der Waals surface area contributed by atoms with E-state index in [4.69, 9.17) is 5.11 Å². The lowest BCUT2D eigenvalue weighted by Gasteiger charge is -1.95. The van der Waals surface area contributed by atoms with E-state index < -0.39 is 5.97 Å². The summed E-state index contributed by atoms with van der Waals surface area (Å²) in [5.74, 6) is -1.02. The molecule has 0 aliphatic heterocycles. The summed E-state index contributed by atoms with van der Waals surface area (Å²) in [5, 5.41) is 11.2. The highest BCUT2D eigenvalue weighted by Gasteiger charge is 2.09. The summed E-state index contributed by atoms with van der Waals surface area (Å²) in [6.07, 6.45) is 0.702. The highest BCUT2D eigenvalue weighted by atomic mass is 16.4. The summed E-state index contributed by atoms with van der Waals surface area (Å²) in [5.41, 5.74) is 1.15. The molecule has 0 spiro atoms. The van der Waals surface area contributed by atoms with Gasteiger partial charge in [0.05, 0.1) is 0 Å². The van der Waals surface area contributed by atoms with Crippen molar-refractivity contribution in [3.8, 4) is 0 Å². The average Bonchev–Trinajstić information content (AvgIpc) is 2.32. The van der Waals surface area contributed by atoms with Crippen molar-refractivity contribution in [2.75, 3.05) is 0 Å². The summed E-state index contributed by atoms with van der Waals surface area (Å²) in [6.45, 7) is 3.29. The first kappa shape index (κ1) is 9.57. The number of carbonyl (C=O) groups is 1. The van der Waals surface area contributed by atoms with Crippen LogP contribution in [0.15, 0.2) is 4.79 Å². The SMILES string of the molecule is CCc1[nH]n(CC(=O)O)c(=O)c1C. The van der Waals surface area contributed by atoms with Gasteiger partial charge in [-0.05, 0) is 13.3 Å². The standard InChI is InChI=1S/C8H12N2O3/c1-3-6-5(2)8(13)10(9-6)4-7(11)12/h9H,3-4H2,1-2H3,(H,11,12). The van der Waals surface area contributed by atoms with Crippen LogP contribution in [0.25, 0.3) is 0 Å². The summed E-state index contributed by atoms with van der Waals surface area (Å²) < 4.78 is 1.11. The fourth-order valence-electron chi connectivity index (χ4n) is 1.22. The van der Waals surface area contributed by atoms with Crippen LogP contribution in [0, 0.1) is 6.92 Å². The Bertz CT molecular complexity index is 375. The Morgan fingerprint density at radius 1 is 1.62 bits per heavy atom. The van der Waals surface area contributed by atoms with Crippen LogP contribution >= 0.6 is 0 Å². The molecule has 0 aromatic carbocycles. The molecule has 5 heteroatoms. The van der Waals surface area contributed by atoms with Gasteiger partial charge in [-0.2, -0.15) is 0 Å². The minimum atomic E-state index is -1.02. The minimum Gasteiger partial charge on any atom is -0.480 e. The van der Waals surface area contributed by atoms with Gasteiger partial charge in [-0.15, -0.1) is 0 Å². The largest absolute Gasteiger partial charge is 0.480 e. The smallest absolute Gasteiger partial charge is 0.325 e. The molecule has 1 aromatic heterocycles. The zero-order valence-corrected chi connectivity index (χ0v) is 7.63. The molecule has 1 aromatic rings. The predicted octanol–water partition coefficient (Wildman–Crippen LogP) is 0.132. The van der Waals surface area contributed by atoms with Crippen LogP contribution in [0.2, 0.25) is 0 Å². The van der Waals surface area contributed by atoms with Gasteiger partial charge in [-0.1, -0.05) is 6.92 Å². The van der Waals surface area contributed by atoms with Crippen LogP contribution in [0.4, 0.5) is 0 Å². The van der Waals surface area contributed by atoms with Crippen LogP contribution in [-0.2, 0) is 17.8 Å². The maximum absolute atomic E-state index is 11.4. The molecular formula is C8H12N2O3. The molecule has 0 atom stereocenters. The fraction of sp³-hybridized carbons (Fsp3) is 0.500. The fourth-order valence-corrected chi connectivity index (χ4v) is 1.22. The van der Waals surface area contributed by atoms with Crippen molar-refractivity contribution >= 4 is 5.97 Å². The third-order valence-corrected chi connectivity index (χ3v) is 1.94. The maximum Gasteiger partial charge on any atom is 0.325 e. The van der Waals surface area contributed by atoms with Gasteiger partial charge in [-0.25, -0.2) is 4.68 Å². The number of aryl methyl sites for hydroxylation is 1.